The first kappa shape index (κ1) is 23.2. The molecule has 1 aliphatic rings. The molecule has 3 heterocycles. The predicted molar refractivity (Wildman–Crippen MR) is 112 cm³/mol. The molecule has 30 heavy (non-hydrogen) atoms. The van der Waals surface area contributed by atoms with Gasteiger partial charge in [-0.1, -0.05) is 18.3 Å². The molecule has 3 rings (SSSR count). The number of nitrogens with zero attached hydrogens (tertiary/aromatic N) is 4. The number of ether oxygens (including phenoxy) is 1. The van der Waals surface area contributed by atoms with Crippen molar-refractivity contribution in [3.63, 3.8) is 0 Å². The summed E-state index contributed by atoms with van der Waals surface area (Å²) in [6, 6.07) is -0.921. The third-order valence-electron chi connectivity index (χ3n) is 4.81. The van der Waals surface area contributed by atoms with Crippen LogP contribution >= 0.6 is 18.5 Å². The van der Waals surface area contributed by atoms with Crippen LogP contribution in [0.4, 0.5) is 23.4 Å². The zero-order valence-electron chi connectivity index (χ0n) is 17.3. The molecule has 0 bridgehead atoms. The average molecular weight is 465 g/mol. The molecule has 2 aromatic heterocycles. The van der Waals surface area contributed by atoms with E-state index in [1.165, 1.54) is 18.3 Å². The minimum absolute atomic E-state index is 0.0349. The van der Waals surface area contributed by atoms with Gasteiger partial charge in [-0.2, -0.15) is 13.2 Å². The Morgan fingerprint density at radius 3 is 2.57 bits per heavy atom. The number of rotatable bonds is 3. The lowest BCUT2D eigenvalue weighted by Crippen LogP contribution is -2.52. The molecule has 0 aliphatic carbocycles. The molecular formula is C18H24F4N5OPS. The van der Waals surface area contributed by atoms with Crippen molar-refractivity contribution < 1.29 is 22.3 Å². The summed E-state index contributed by atoms with van der Waals surface area (Å²) < 4.78 is 62.2. The molecule has 6 nitrogen and oxygen atoms in total. The van der Waals surface area contributed by atoms with E-state index >= 15 is 0 Å². The number of pyridine rings is 1. The van der Waals surface area contributed by atoms with Crippen LogP contribution in [0, 0.1) is 12.7 Å². The number of anilines is 1. The fraction of sp³-hybridized carbons (Fsp3) is 0.611. The summed E-state index contributed by atoms with van der Waals surface area (Å²) in [5, 5.41) is 3.52. The van der Waals surface area contributed by atoms with E-state index in [-0.39, 0.29) is 34.7 Å². The summed E-state index contributed by atoms with van der Waals surface area (Å²) in [6.07, 6.45) is -6.53. The molecule has 0 aromatic carbocycles. The van der Waals surface area contributed by atoms with Crippen molar-refractivity contribution in [3.05, 3.63) is 11.5 Å². The zero-order chi connectivity index (χ0) is 22.2. The second-order valence-corrected chi connectivity index (χ2v) is 12.2. The van der Waals surface area contributed by atoms with Gasteiger partial charge in [0.25, 0.3) is 0 Å². The molecule has 1 N–H and O–H groups in total. The molecule has 0 saturated heterocycles. The number of hydrogen-bond donors (Lipinski definition) is 1. The van der Waals surface area contributed by atoms with Gasteiger partial charge in [-0.25, -0.2) is 19.3 Å². The number of hydrogen-bond acceptors (Lipinski definition) is 7. The predicted octanol–water partition coefficient (Wildman–Crippen LogP) is 4.67. The maximum absolute atomic E-state index is 14.9. The van der Waals surface area contributed by atoms with E-state index in [1.807, 2.05) is 13.3 Å². The largest absolute Gasteiger partial charge is 0.462 e. The second-order valence-electron chi connectivity index (χ2n) is 7.26. The number of aryl methyl sites for hydroxylation is 1. The summed E-state index contributed by atoms with van der Waals surface area (Å²) >= 11 is 1.40. The number of halogens is 4. The van der Waals surface area contributed by atoms with E-state index in [1.54, 1.807) is 18.9 Å². The fourth-order valence-electron chi connectivity index (χ4n) is 3.40. The Labute approximate surface area is 177 Å². The lowest BCUT2D eigenvalue weighted by molar-refractivity contribution is -0.212. The Bertz CT molecular complexity index is 930. The minimum Gasteiger partial charge on any atom is -0.462 e. The smallest absolute Gasteiger partial charge is 0.427 e. The first-order chi connectivity index (χ1) is 14.0. The van der Waals surface area contributed by atoms with E-state index in [0.29, 0.717) is 18.2 Å². The Morgan fingerprint density at radius 2 is 1.97 bits per heavy atom. The van der Waals surface area contributed by atoms with Crippen molar-refractivity contribution in [1.82, 2.24) is 19.9 Å². The quantitative estimate of drug-likeness (QED) is 0.402. The number of likely N-dealkylation sites (N-methyl/N-ethyl adjacent to an activating group) is 1. The van der Waals surface area contributed by atoms with Crippen LogP contribution in [0.2, 0.25) is 0 Å². The summed E-state index contributed by atoms with van der Waals surface area (Å²) in [4.78, 5) is 14.4. The van der Waals surface area contributed by atoms with Gasteiger partial charge in [0, 0.05) is 13.1 Å². The van der Waals surface area contributed by atoms with Crippen molar-refractivity contribution in [2.75, 3.05) is 38.8 Å². The van der Waals surface area contributed by atoms with E-state index in [2.05, 4.69) is 20.3 Å². The Hall–Kier alpha value is -1.45. The van der Waals surface area contributed by atoms with Crippen molar-refractivity contribution in [2.24, 2.45) is 0 Å². The molecule has 2 aromatic rings. The average Bonchev–Trinajstić information content (AvgIpc) is 2.63. The van der Waals surface area contributed by atoms with Crippen LogP contribution in [-0.4, -0.2) is 71.6 Å². The highest BCUT2D eigenvalue weighted by molar-refractivity contribution is 8.55. The summed E-state index contributed by atoms with van der Waals surface area (Å²) in [7, 11) is 1.15. The molecule has 0 spiro atoms. The van der Waals surface area contributed by atoms with Crippen LogP contribution < -0.4 is 10.1 Å². The van der Waals surface area contributed by atoms with Gasteiger partial charge < -0.3 is 10.1 Å². The van der Waals surface area contributed by atoms with Crippen molar-refractivity contribution >= 4 is 35.2 Å². The molecule has 0 saturated carbocycles. The molecule has 1 aliphatic heterocycles. The monoisotopic (exact) mass is 465 g/mol. The molecule has 2 atom stereocenters. The zero-order valence-corrected chi connectivity index (χ0v) is 19.1. The number of alkyl halides is 3. The van der Waals surface area contributed by atoms with E-state index in [9.17, 15) is 17.6 Å². The van der Waals surface area contributed by atoms with Crippen LogP contribution in [0.15, 0.2) is 5.16 Å². The van der Waals surface area contributed by atoms with Gasteiger partial charge in [-0.05, 0) is 40.8 Å². The van der Waals surface area contributed by atoms with E-state index in [0.717, 1.165) is 0 Å². The molecule has 0 radical (unpaired) electrons. The Morgan fingerprint density at radius 1 is 1.27 bits per heavy atom. The summed E-state index contributed by atoms with van der Waals surface area (Å²) in [6.45, 7) is 7.73. The van der Waals surface area contributed by atoms with Crippen molar-refractivity contribution in [2.45, 2.75) is 43.7 Å². The van der Waals surface area contributed by atoms with Crippen LogP contribution in [0.1, 0.15) is 19.0 Å². The van der Waals surface area contributed by atoms with Crippen molar-refractivity contribution in [3.8, 4) is 5.88 Å². The number of nitrogens with one attached hydrogen (secondary N) is 1. The Balaban J connectivity index is 2.26. The topological polar surface area (TPSA) is 63.2 Å². The lowest BCUT2D eigenvalue weighted by Gasteiger charge is -2.36. The molecule has 12 heteroatoms. The first-order valence-electron chi connectivity index (χ1n) is 9.43. The molecule has 2 unspecified atom stereocenters. The highest BCUT2D eigenvalue weighted by atomic mass is 32.7. The van der Waals surface area contributed by atoms with Gasteiger partial charge in [-0.3, -0.25) is 4.90 Å². The molecular weight excluding hydrogens is 441 g/mol. The SMILES string of the molecule is CCC1C(C(F)(F)F)Oc2nc(C)c(F)c3nc(SP(C)C)nc(c23)NCCN1C. The second kappa shape index (κ2) is 8.96. The van der Waals surface area contributed by atoms with Crippen LogP contribution in [0.3, 0.4) is 0 Å². The maximum atomic E-state index is 14.9. The third kappa shape index (κ3) is 4.73. The standard InChI is InChI=1S/C18H24F4N5OPS/c1-6-10-14(18(20,21)22)28-16-11-13(12(19)9(2)24-16)25-17(30-29(4)5)26-15(11)23-7-8-27(10)3/h10,14H,6-8H2,1-5H3,(H,23,25,26). The first-order valence-corrected chi connectivity index (χ1v) is 13.1. The fourth-order valence-corrected chi connectivity index (χ4v) is 5.22. The van der Waals surface area contributed by atoms with Gasteiger partial charge in [0.15, 0.2) is 11.0 Å². The van der Waals surface area contributed by atoms with E-state index in [4.69, 9.17) is 4.74 Å². The maximum Gasteiger partial charge on any atom is 0.427 e. The van der Waals surface area contributed by atoms with Crippen LogP contribution in [0.5, 0.6) is 5.88 Å². The summed E-state index contributed by atoms with van der Waals surface area (Å²) in [5.41, 5.74) is -0.162. The van der Waals surface area contributed by atoms with Gasteiger partial charge in [0.2, 0.25) is 12.0 Å². The van der Waals surface area contributed by atoms with E-state index < -0.39 is 31.3 Å². The number of aromatic nitrogens is 3. The van der Waals surface area contributed by atoms with Gasteiger partial charge in [0.1, 0.15) is 16.7 Å². The molecule has 0 fully saturated rings. The molecule has 0 amide bonds. The highest BCUT2D eigenvalue weighted by Gasteiger charge is 2.48. The van der Waals surface area contributed by atoms with Gasteiger partial charge in [0.05, 0.1) is 11.7 Å². The van der Waals surface area contributed by atoms with Gasteiger partial charge >= 0.3 is 6.18 Å². The summed E-state index contributed by atoms with van der Waals surface area (Å²) in [5.74, 6) is -0.773. The minimum atomic E-state index is -4.63. The van der Waals surface area contributed by atoms with Crippen LogP contribution in [0.25, 0.3) is 10.9 Å². The van der Waals surface area contributed by atoms with Crippen LogP contribution in [-0.2, 0) is 0 Å². The molecule has 166 valence electrons. The lowest BCUT2D eigenvalue weighted by atomic mass is 10.1. The van der Waals surface area contributed by atoms with Gasteiger partial charge in [-0.15, -0.1) is 0 Å². The third-order valence-corrected chi connectivity index (χ3v) is 7.11. The Kier molecular flexibility index (Phi) is 6.94. The van der Waals surface area contributed by atoms with Crippen molar-refractivity contribution in [1.29, 1.82) is 0 Å². The highest BCUT2D eigenvalue weighted by Crippen LogP contribution is 2.47. The normalized spacial score (nSPS) is 20.9.